The van der Waals surface area contributed by atoms with Gasteiger partial charge in [0.15, 0.2) is 5.78 Å². The predicted octanol–water partition coefficient (Wildman–Crippen LogP) is 1.42. The first-order chi connectivity index (χ1) is 6.65. The third kappa shape index (κ3) is 2.37. The standard InChI is InChI=1S/C9H9NO4/c1-14-6-9(11)7-3-2-4-8(5-7)10(12)13/h2-5H,6H2,1H3. The summed E-state index contributed by atoms with van der Waals surface area (Å²) in [6.07, 6.45) is 0. The molecule has 0 aliphatic heterocycles. The van der Waals surface area contributed by atoms with Crippen molar-refractivity contribution in [1.82, 2.24) is 0 Å². The molecule has 0 radical (unpaired) electrons. The minimum atomic E-state index is -0.538. The van der Waals surface area contributed by atoms with E-state index in [2.05, 4.69) is 4.74 Å². The molecule has 0 heterocycles. The zero-order chi connectivity index (χ0) is 10.6. The van der Waals surface area contributed by atoms with Gasteiger partial charge in [0.25, 0.3) is 5.69 Å². The second kappa shape index (κ2) is 4.48. The van der Waals surface area contributed by atoms with Gasteiger partial charge in [-0.05, 0) is 0 Å². The Morgan fingerprint density at radius 2 is 2.29 bits per heavy atom. The third-order valence-electron chi connectivity index (χ3n) is 1.65. The molecule has 0 spiro atoms. The molecule has 5 nitrogen and oxygen atoms in total. The van der Waals surface area contributed by atoms with Crippen molar-refractivity contribution in [1.29, 1.82) is 0 Å². The van der Waals surface area contributed by atoms with E-state index in [-0.39, 0.29) is 18.1 Å². The Kier molecular flexibility index (Phi) is 3.30. The highest BCUT2D eigenvalue weighted by atomic mass is 16.6. The molecule has 1 aromatic carbocycles. The molecule has 0 fully saturated rings. The van der Waals surface area contributed by atoms with Gasteiger partial charge in [-0.2, -0.15) is 0 Å². The van der Waals surface area contributed by atoms with Crippen LogP contribution in [0.2, 0.25) is 0 Å². The first kappa shape index (κ1) is 10.3. The van der Waals surface area contributed by atoms with Crippen LogP contribution in [0.3, 0.4) is 0 Å². The number of Topliss-reactive ketones (excluding diaryl/α,β-unsaturated/α-hetero) is 1. The molecule has 0 amide bonds. The Morgan fingerprint density at radius 3 is 2.86 bits per heavy atom. The number of hydrogen-bond donors (Lipinski definition) is 0. The molecular formula is C9H9NO4. The fraction of sp³-hybridized carbons (Fsp3) is 0.222. The summed E-state index contributed by atoms with van der Waals surface area (Å²) in [4.78, 5) is 21.1. The first-order valence-electron chi connectivity index (χ1n) is 3.91. The quantitative estimate of drug-likeness (QED) is 0.414. The highest BCUT2D eigenvalue weighted by Crippen LogP contribution is 2.13. The number of hydrogen-bond acceptors (Lipinski definition) is 4. The number of nitro benzene ring substituents is 1. The molecule has 0 aliphatic rings. The predicted molar refractivity (Wildman–Crippen MR) is 49.3 cm³/mol. The second-order valence-electron chi connectivity index (χ2n) is 2.66. The first-order valence-corrected chi connectivity index (χ1v) is 3.91. The highest BCUT2D eigenvalue weighted by molar-refractivity contribution is 5.97. The number of ether oxygens (including phenoxy) is 1. The number of non-ortho nitro benzene ring substituents is 1. The summed E-state index contributed by atoms with van der Waals surface area (Å²) >= 11 is 0. The van der Waals surface area contributed by atoms with E-state index in [0.29, 0.717) is 5.56 Å². The van der Waals surface area contributed by atoms with E-state index in [0.717, 1.165) is 0 Å². The van der Waals surface area contributed by atoms with Crippen molar-refractivity contribution >= 4 is 11.5 Å². The van der Waals surface area contributed by atoms with Crippen LogP contribution in [0.4, 0.5) is 5.69 Å². The molecule has 0 N–H and O–H groups in total. The molecule has 0 saturated heterocycles. The van der Waals surface area contributed by atoms with E-state index in [1.807, 2.05) is 0 Å². The lowest BCUT2D eigenvalue weighted by molar-refractivity contribution is -0.384. The topological polar surface area (TPSA) is 69.4 Å². The highest BCUT2D eigenvalue weighted by Gasteiger charge is 2.10. The van der Waals surface area contributed by atoms with Crippen LogP contribution in [0.25, 0.3) is 0 Å². The summed E-state index contributed by atoms with van der Waals surface area (Å²) in [6.45, 7) is -0.0683. The van der Waals surface area contributed by atoms with Gasteiger partial charge < -0.3 is 4.74 Å². The SMILES string of the molecule is COCC(=O)c1cccc([N+](=O)[O-])c1. The molecule has 0 aliphatic carbocycles. The Bertz CT molecular complexity index is 362. The van der Waals surface area contributed by atoms with E-state index in [4.69, 9.17) is 0 Å². The molecule has 14 heavy (non-hydrogen) atoms. The van der Waals surface area contributed by atoms with Gasteiger partial charge in [0.05, 0.1) is 4.92 Å². The van der Waals surface area contributed by atoms with E-state index >= 15 is 0 Å². The van der Waals surface area contributed by atoms with Crippen molar-refractivity contribution in [2.45, 2.75) is 0 Å². The summed E-state index contributed by atoms with van der Waals surface area (Å²) in [7, 11) is 1.40. The van der Waals surface area contributed by atoms with Gasteiger partial charge in [0.1, 0.15) is 6.61 Å². The molecule has 1 aromatic rings. The van der Waals surface area contributed by atoms with Crippen LogP contribution in [0, 0.1) is 10.1 Å². The van der Waals surface area contributed by atoms with Crippen LogP contribution in [0.5, 0.6) is 0 Å². The van der Waals surface area contributed by atoms with Gasteiger partial charge in [-0.3, -0.25) is 14.9 Å². The normalized spacial score (nSPS) is 9.79. The number of carbonyl (C=O) groups excluding carboxylic acids is 1. The lowest BCUT2D eigenvalue weighted by atomic mass is 10.1. The minimum Gasteiger partial charge on any atom is -0.377 e. The summed E-state index contributed by atoms with van der Waals surface area (Å²) in [5.41, 5.74) is 0.202. The van der Waals surface area contributed by atoms with E-state index in [9.17, 15) is 14.9 Å². The molecule has 5 heteroatoms. The molecule has 0 unspecified atom stereocenters. The van der Waals surface area contributed by atoms with E-state index in [1.165, 1.54) is 31.4 Å². The van der Waals surface area contributed by atoms with Crippen molar-refractivity contribution in [2.75, 3.05) is 13.7 Å². The monoisotopic (exact) mass is 195 g/mol. The number of carbonyl (C=O) groups is 1. The Balaban J connectivity index is 2.93. The number of benzene rings is 1. The van der Waals surface area contributed by atoms with Gasteiger partial charge >= 0.3 is 0 Å². The zero-order valence-electron chi connectivity index (χ0n) is 7.60. The Morgan fingerprint density at radius 1 is 1.57 bits per heavy atom. The fourth-order valence-corrected chi connectivity index (χ4v) is 1.01. The smallest absolute Gasteiger partial charge is 0.270 e. The Hall–Kier alpha value is -1.75. The maximum atomic E-state index is 11.3. The number of methoxy groups -OCH3 is 1. The molecule has 0 aromatic heterocycles. The molecule has 0 atom stereocenters. The Labute approximate surface area is 80.5 Å². The largest absolute Gasteiger partial charge is 0.377 e. The van der Waals surface area contributed by atoms with Crippen molar-refractivity contribution in [2.24, 2.45) is 0 Å². The summed E-state index contributed by atoms with van der Waals surface area (Å²) < 4.78 is 4.64. The number of nitro groups is 1. The van der Waals surface area contributed by atoms with Crippen LogP contribution >= 0.6 is 0 Å². The second-order valence-corrected chi connectivity index (χ2v) is 2.66. The van der Waals surface area contributed by atoms with Crippen LogP contribution in [0.15, 0.2) is 24.3 Å². The molecule has 0 bridgehead atoms. The average Bonchev–Trinajstić information content (AvgIpc) is 2.18. The number of nitrogens with zero attached hydrogens (tertiary/aromatic N) is 1. The molecule has 0 saturated carbocycles. The van der Waals surface area contributed by atoms with Gasteiger partial charge in [-0.1, -0.05) is 12.1 Å². The molecule has 1 rings (SSSR count). The van der Waals surface area contributed by atoms with Crippen LogP contribution < -0.4 is 0 Å². The van der Waals surface area contributed by atoms with E-state index in [1.54, 1.807) is 0 Å². The van der Waals surface area contributed by atoms with Gasteiger partial charge in [-0.25, -0.2) is 0 Å². The zero-order valence-corrected chi connectivity index (χ0v) is 7.60. The number of rotatable bonds is 4. The van der Waals surface area contributed by atoms with Crippen molar-refractivity contribution in [3.05, 3.63) is 39.9 Å². The van der Waals surface area contributed by atoms with Crippen molar-refractivity contribution in [3.8, 4) is 0 Å². The van der Waals surface area contributed by atoms with Crippen molar-refractivity contribution < 1.29 is 14.5 Å². The summed E-state index contributed by atoms with van der Waals surface area (Å²) in [5, 5.41) is 10.4. The average molecular weight is 195 g/mol. The molecular weight excluding hydrogens is 186 g/mol. The lowest BCUT2D eigenvalue weighted by Crippen LogP contribution is -2.07. The number of ketones is 1. The van der Waals surface area contributed by atoms with Gasteiger partial charge in [-0.15, -0.1) is 0 Å². The minimum absolute atomic E-state index is 0.0683. The summed E-state index contributed by atoms with van der Waals surface area (Å²) in [5.74, 6) is -0.267. The summed E-state index contributed by atoms with van der Waals surface area (Å²) in [6, 6.07) is 5.57. The maximum Gasteiger partial charge on any atom is 0.270 e. The third-order valence-corrected chi connectivity index (χ3v) is 1.65. The van der Waals surface area contributed by atoms with Crippen LogP contribution in [-0.2, 0) is 4.74 Å². The van der Waals surface area contributed by atoms with Crippen LogP contribution in [-0.4, -0.2) is 24.4 Å². The van der Waals surface area contributed by atoms with E-state index < -0.39 is 4.92 Å². The molecule has 74 valence electrons. The van der Waals surface area contributed by atoms with Gasteiger partial charge in [0.2, 0.25) is 0 Å². The van der Waals surface area contributed by atoms with Gasteiger partial charge in [0, 0.05) is 24.8 Å². The lowest BCUT2D eigenvalue weighted by Gasteiger charge is -1.98. The van der Waals surface area contributed by atoms with Crippen molar-refractivity contribution in [3.63, 3.8) is 0 Å². The maximum absolute atomic E-state index is 11.3. The fourth-order valence-electron chi connectivity index (χ4n) is 1.01. The van der Waals surface area contributed by atoms with Crippen LogP contribution in [0.1, 0.15) is 10.4 Å².